The number of aryl methyl sites for hydroxylation is 1. The second-order valence-corrected chi connectivity index (χ2v) is 3.99. The molecule has 0 aliphatic rings. The molecule has 9 heteroatoms. The normalized spacial score (nSPS) is 10.4. The van der Waals surface area contributed by atoms with Crippen LogP contribution in [0.5, 0.6) is 0 Å². The number of carbonyl (C=O) groups is 1. The lowest BCUT2D eigenvalue weighted by Gasteiger charge is -2.01. The van der Waals surface area contributed by atoms with Crippen LogP contribution in [0.4, 0.5) is 10.8 Å². The van der Waals surface area contributed by atoms with Gasteiger partial charge in [-0.15, -0.1) is 0 Å². The third-order valence-corrected chi connectivity index (χ3v) is 2.76. The predicted octanol–water partition coefficient (Wildman–Crippen LogP) is 0.128. The van der Waals surface area contributed by atoms with E-state index in [4.69, 9.17) is 16.0 Å². The summed E-state index contributed by atoms with van der Waals surface area (Å²) in [4.78, 5) is 15.1. The number of amides is 1. The Hall–Kier alpha value is -2.16. The molecule has 5 N–H and O–H groups in total. The summed E-state index contributed by atoms with van der Waals surface area (Å²) < 4.78 is 8.65. The Bertz CT molecular complexity index is 548. The molecular weight excluding hydrogens is 244 g/mol. The number of rotatable bonds is 4. The van der Waals surface area contributed by atoms with Crippen LogP contribution < -0.4 is 16.8 Å². The van der Waals surface area contributed by atoms with Gasteiger partial charge in [-0.2, -0.15) is 9.36 Å². The summed E-state index contributed by atoms with van der Waals surface area (Å²) in [6, 6.07) is 0. The number of anilines is 2. The minimum atomic E-state index is -0.622. The van der Waals surface area contributed by atoms with E-state index < -0.39 is 5.91 Å². The summed E-state index contributed by atoms with van der Waals surface area (Å²) in [6.07, 6.45) is 0. The average Bonchev–Trinajstić information content (AvgIpc) is 2.82. The van der Waals surface area contributed by atoms with Gasteiger partial charge in [-0.3, -0.25) is 4.79 Å². The molecule has 0 unspecified atom stereocenters. The minimum absolute atomic E-state index is 0.120. The third kappa shape index (κ3) is 2.33. The van der Waals surface area contributed by atoms with Gasteiger partial charge in [0.25, 0.3) is 5.91 Å². The van der Waals surface area contributed by atoms with Crippen molar-refractivity contribution in [1.29, 1.82) is 0 Å². The molecule has 0 fully saturated rings. The lowest BCUT2D eigenvalue weighted by molar-refractivity contribution is 0.100. The molecule has 0 aliphatic carbocycles. The zero-order chi connectivity index (χ0) is 12.4. The molecule has 2 aromatic rings. The molecule has 0 atom stereocenters. The highest BCUT2D eigenvalue weighted by molar-refractivity contribution is 7.11. The maximum absolute atomic E-state index is 11.1. The molecule has 0 saturated carbocycles. The van der Waals surface area contributed by atoms with Crippen LogP contribution in [0.2, 0.25) is 0 Å². The van der Waals surface area contributed by atoms with Gasteiger partial charge in [0.1, 0.15) is 10.6 Å². The monoisotopic (exact) mass is 254 g/mol. The number of hydrogen-bond donors (Lipinski definition) is 3. The van der Waals surface area contributed by atoms with E-state index in [1.165, 1.54) is 0 Å². The van der Waals surface area contributed by atoms with E-state index in [2.05, 4.69) is 19.8 Å². The molecule has 2 heterocycles. The van der Waals surface area contributed by atoms with Crippen molar-refractivity contribution in [2.75, 3.05) is 11.1 Å². The number of aromatic nitrogens is 3. The molecule has 0 aromatic carbocycles. The number of hydrogen-bond acceptors (Lipinski definition) is 8. The number of nitrogens with one attached hydrogen (secondary N) is 1. The average molecular weight is 254 g/mol. The quantitative estimate of drug-likeness (QED) is 0.705. The zero-order valence-electron chi connectivity index (χ0n) is 8.93. The highest BCUT2D eigenvalue weighted by Crippen LogP contribution is 2.26. The Balaban J connectivity index is 2.11. The van der Waals surface area contributed by atoms with Crippen LogP contribution in [0.3, 0.4) is 0 Å². The predicted molar refractivity (Wildman–Crippen MR) is 61.4 cm³/mol. The van der Waals surface area contributed by atoms with Crippen molar-refractivity contribution in [1.82, 2.24) is 14.5 Å². The maximum Gasteiger partial charge on any atom is 0.255 e. The summed E-state index contributed by atoms with van der Waals surface area (Å²) in [5.74, 6) is 0.447. The van der Waals surface area contributed by atoms with E-state index in [0.717, 1.165) is 11.5 Å². The number of nitrogens with two attached hydrogens (primary N) is 2. The van der Waals surface area contributed by atoms with Gasteiger partial charge in [-0.25, -0.2) is 0 Å². The Morgan fingerprint density at radius 1 is 1.59 bits per heavy atom. The Labute approximate surface area is 100 Å². The van der Waals surface area contributed by atoms with Gasteiger partial charge < -0.3 is 21.3 Å². The van der Waals surface area contributed by atoms with Gasteiger partial charge in [0.05, 0.1) is 6.54 Å². The molecular formula is C8H10N6O2S. The van der Waals surface area contributed by atoms with E-state index in [-0.39, 0.29) is 11.4 Å². The van der Waals surface area contributed by atoms with E-state index in [1.54, 1.807) is 6.92 Å². The van der Waals surface area contributed by atoms with Crippen LogP contribution in [0, 0.1) is 6.92 Å². The van der Waals surface area contributed by atoms with E-state index in [9.17, 15) is 4.79 Å². The van der Waals surface area contributed by atoms with E-state index in [0.29, 0.717) is 23.3 Å². The fourth-order valence-corrected chi connectivity index (χ4v) is 1.95. The fraction of sp³-hybridized carbons (Fsp3) is 0.250. The van der Waals surface area contributed by atoms with Crippen LogP contribution in [-0.2, 0) is 6.54 Å². The summed E-state index contributed by atoms with van der Waals surface area (Å²) in [5, 5.41) is 7.13. The van der Waals surface area contributed by atoms with E-state index >= 15 is 0 Å². The molecule has 2 aromatic heterocycles. The van der Waals surface area contributed by atoms with E-state index in [1.807, 2.05) is 0 Å². The molecule has 0 bridgehead atoms. The lowest BCUT2D eigenvalue weighted by atomic mass is 10.3. The van der Waals surface area contributed by atoms with Crippen LogP contribution >= 0.6 is 11.5 Å². The van der Waals surface area contributed by atoms with Crippen molar-refractivity contribution >= 4 is 28.3 Å². The van der Waals surface area contributed by atoms with Crippen molar-refractivity contribution in [3.05, 3.63) is 17.3 Å². The zero-order valence-corrected chi connectivity index (χ0v) is 9.74. The molecule has 8 nitrogen and oxygen atoms in total. The van der Waals surface area contributed by atoms with Crippen molar-refractivity contribution < 1.29 is 9.32 Å². The molecule has 0 aliphatic heterocycles. The standard InChI is InChI=1S/C8H10N6O2S/c1-3-12-4(13-16-3)2-11-8-5(7(10)15)6(9)14-17-8/h11H,2H2,1H3,(H2,9,14)(H2,10,15). The first-order chi connectivity index (χ1) is 8.08. The van der Waals surface area contributed by atoms with Crippen molar-refractivity contribution in [2.24, 2.45) is 5.73 Å². The van der Waals surface area contributed by atoms with Crippen molar-refractivity contribution in [2.45, 2.75) is 13.5 Å². The summed E-state index contributed by atoms with van der Waals surface area (Å²) in [5.41, 5.74) is 10.9. The van der Waals surface area contributed by atoms with Gasteiger partial charge in [0.15, 0.2) is 11.6 Å². The molecule has 1 amide bonds. The molecule has 2 rings (SSSR count). The first-order valence-electron chi connectivity index (χ1n) is 4.66. The fourth-order valence-electron chi connectivity index (χ4n) is 1.23. The lowest BCUT2D eigenvalue weighted by Crippen LogP contribution is -2.14. The van der Waals surface area contributed by atoms with Crippen LogP contribution in [0.1, 0.15) is 22.1 Å². The van der Waals surface area contributed by atoms with Crippen LogP contribution in [0.25, 0.3) is 0 Å². The smallest absolute Gasteiger partial charge is 0.255 e. The van der Waals surface area contributed by atoms with Gasteiger partial charge in [0, 0.05) is 6.92 Å². The largest absolute Gasteiger partial charge is 0.382 e. The van der Waals surface area contributed by atoms with Crippen molar-refractivity contribution in [3.8, 4) is 0 Å². The van der Waals surface area contributed by atoms with Gasteiger partial charge in [-0.05, 0) is 11.5 Å². The molecule has 0 saturated heterocycles. The number of nitrogen functional groups attached to an aromatic ring is 1. The first-order valence-corrected chi connectivity index (χ1v) is 5.43. The van der Waals surface area contributed by atoms with Crippen LogP contribution in [0.15, 0.2) is 4.52 Å². The molecule has 17 heavy (non-hydrogen) atoms. The van der Waals surface area contributed by atoms with Gasteiger partial charge in [0.2, 0.25) is 5.89 Å². The SMILES string of the molecule is Cc1nc(CNc2snc(N)c2C(N)=O)no1. The number of carbonyl (C=O) groups excluding carboxylic acids is 1. The molecule has 0 radical (unpaired) electrons. The number of primary amides is 1. The topological polar surface area (TPSA) is 133 Å². The Morgan fingerprint density at radius 3 is 2.94 bits per heavy atom. The highest BCUT2D eigenvalue weighted by atomic mass is 32.1. The first kappa shape index (κ1) is 11.3. The highest BCUT2D eigenvalue weighted by Gasteiger charge is 2.16. The second-order valence-electron chi connectivity index (χ2n) is 3.22. The Kier molecular flexibility index (Phi) is 2.91. The summed E-state index contributed by atoms with van der Waals surface area (Å²) >= 11 is 1.06. The summed E-state index contributed by atoms with van der Waals surface area (Å²) in [7, 11) is 0. The van der Waals surface area contributed by atoms with Crippen LogP contribution in [-0.4, -0.2) is 20.4 Å². The third-order valence-electron chi connectivity index (χ3n) is 1.94. The van der Waals surface area contributed by atoms with Gasteiger partial charge >= 0.3 is 0 Å². The maximum atomic E-state index is 11.1. The number of nitrogens with zero attached hydrogens (tertiary/aromatic N) is 3. The minimum Gasteiger partial charge on any atom is -0.382 e. The summed E-state index contributed by atoms with van der Waals surface area (Å²) in [6.45, 7) is 2.00. The molecule has 90 valence electrons. The Morgan fingerprint density at radius 2 is 2.35 bits per heavy atom. The second kappa shape index (κ2) is 4.37. The van der Waals surface area contributed by atoms with Crippen molar-refractivity contribution in [3.63, 3.8) is 0 Å². The molecule has 0 spiro atoms. The van der Waals surface area contributed by atoms with Gasteiger partial charge in [-0.1, -0.05) is 5.16 Å².